The Balaban J connectivity index is 1.74. The molecule has 0 bridgehead atoms. The lowest BCUT2D eigenvalue weighted by Crippen LogP contribution is -2.26. The van der Waals surface area contributed by atoms with Crippen LogP contribution in [0, 0.1) is 0 Å². The molecule has 0 radical (unpaired) electrons. The van der Waals surface area contributed by atoms with Gasteiger partial charge in [-0.15, -0.1) is 5.10 Å². The van der Waals surface area contributed by atoms with E-state index in [1.165, 1.54) is 24.9 Å². The van der Waals surface area contributed by atoms with E-state index in [0.717, 1.165) is 5.69 Å². The van der Waals surface area contributed by atoms with Crippen LogP contribution in [0.15, 0.2) is 30.6 Å². The number of nitrogens with one attached hydrogen (secondary N) is 1. The molecule has 16 heavy (non-hydrogen) atoms. The van der Waals surface area contributed by atoms with Crippen LogP contribution in [0.2, 0.25) is 0 Å². The van der Waals surface area contributed by atoms with Gasteiger partial charge in [-0.05, 0) is 54.0 Å². The van der Waals surface area contributed by atoms with Gasteiger partial charge >= 0.3 is 0 Å². The van der Waals surface area contributed by atoms with Crippen molar-refractivity contribution in [3.05, 3.63) is 30.6 Å². The second kappa shape index (κ2) is 3.92. The summed E-state index contributed by atoms with van der Waals surface area (Å²) < 4.78 is 1.65. The number of anilines is 1. The average Bonchev–Trinajstić information content (AvgIpc) is 2.78. The molecule has 0 spiro atoms. The van der Waals surface area contributed by atoms with Crippen molar-refractivity contribution in [3.63, 3.8) is 0 Å². The molecular weight excluding hydrogens is 202 g/mol. The zero-order valence-electron chi connectivity index (χ0n) is 8.87. The fraction of sp³-hybridized carbons (Fsp3) is 0.364. The van der Waals surface area contributed by atoms with Crippen LogP contribution >= 0.6 is 0 Å². The molecular formula is C11H13N5. The Kier molecular flexibility index (Phi) is 2.29. The van der Waals surface area contributed by atoms with Crippen LogP contribution in [0.4, 0.5) is 5.69 Å². The topological polar surface area (TPSA) is 55.6 Å². The van der Waals surface area contributed by atoms with E-state index in [4.69, 9.17) is 0 Å². The Morgan fingerprint density at radius 1 is 1.19 bits per heavy atom. The van der Waals surface area contributed by atoms with Gasteiger partial charge in [-0.2, -0.15) is 0 Å². The van der Waals surface area contributed by atoms with Gasteiger partial charge in [-0.1, -0.05) is 0 Å². The quantitative estimate of drug-likeness (QED) is 0.845. The standard InChI is InChI=1S/C11H13N5/c1-2-9(3-1)13-10-4-6-11(7-5-10)16-8-12-14-15-16/h4-9,13H,1-3H2. The van der Waals surface area contributed by atoms with E-state index in [-0.39, 0.29) is 0 Å². The van der Waals surface area contributed by atoms with Crippen molar-refractivity contribution >= 4 is 5.69 Å². The highest BCUT2D eigenvalue weighted by Crippen LogP contribution is 2.23. The molecule has 2 aromatic rings. The van der Waals surface area contributed by atoms with Gasteiger partial charge in [0.15, 0.2) is 0 Å². The number of tetrazole rings is 1. The third kappa shape index (κ3) is 1.76. The highest BCUT2D eigenvalue weighted by Gasteiger charge is 2.16. The third-order valence-electron chi connectivity index (χ3n) is 2.96. The van der Waals surface area contributed by atoms with Crippen molar-refractivity contribution in [3.8, 4) is 5.69 Å². The lowest BCUT2D eigenvalue weighted by Gasteiger charge is -2.27. The van der Waals surface area contributed by atoms with Crippen molar-refractivity contribution < 1.29 is 0 Å². The predicted molar refractivity (Wildman–Crippen MR) is 60.4 cm³/mol. The smallest absolute Gasteiger partial charge is 0.143 e. The van der Waals surface area contributed by atoms with Gasteiger partial charge in [0.2, 0.25) is 0 Å². The summed E-state index contributed by atoms with van der Waals surface area (Å²) >= 11 is 0. The minimum atomic E-state index is 0.666. The molecule has 1 N–H and O–H groups in total. The van der Waals surface area contributed by atoms with Crippen molar-refractivity contribution in [1.29, 1.82) is 0 Å². The molecule has 1 aliphatic carbocycles. The third-order valence-corrected chi connectivity index (χ3v) is 2.96. The molecule has 0 saturated heterocycles. The minimum Gasteiger partial charge on any atom is -0.382 e. The molecule has 0 atom stereocenters. The van der Waals surface area contributed by atoms with E-state index in [0.29, 0.717) is 6.04 Å². The van der Waals surface area contributed by atoms with Crippen LogP contribution in [0.5, 0.6) is 0 Å². The molecule has 1 saturated carbocycles. The van der Waals surface area contributed by atoms with E-state index in [2.05, 4.69) is 33.0 Å². The molecule has 1 aliphatic rings. The Hall–Kier alpha value is -1.91. The molecule has 1 aromatic carbocycles. The van der Waals surface area contributed by atoms with Crippen molar-refractivity contribution in [2.75, 3.05) is 5.32 Å². The SMILES string of the molecule is c1cc(-n2cnnn2)ccc1NC1CCC1. The Morgan fingerprint density at radius 2 is 2.00 bits per heavy atom. The van der Waals surface area contributed by atoms with E-state index in [1.54, 1.807) is 11.0 Å². The summed E-state index contributed by atoms with van der Waals surface area (Å²) in [5.74, 6) is 0. The van der Waals surface area contributed by atoms with Gasteiger partial charge < -0.3 is 5.32 Å². The molecule has 1 aromatic heterocycles. The first-order valence-corrected chi connectivity index (χ1v) is 5.52. The fourth-order valence-corrected chi connectivity index (χ4v) is 1.78. The van der Waals surface area contributed by atoms with Crippen molar-refractivity contribution in [1.82, 2.24) is 20.2 Å². The second-order valence-electron chi connectivity index (χ2n) is 4.07. The summed E-state index contributed by atoms with van der Waals surface area (Å²) in [5.41, 5.74) is 2.14. The van der Waals surface area contributed by atoms with Gasteiger partial charge in [0, 0.05) is 11.7 Å². The molecule has 3 rings (SSSR count). The van der Waals surface area contributed by atoms with Gasteiger partial charge in [0.05, 0.1) is 5.69 Å². The zero-order valence-corrected chi connectivity index (χ0v) is 8.87. The van der Waals surface area contributed by atoms with Crippen LogP contribution in [-0.4, -0.2) is 26.2 Å². The van der Waals surface area contributed by atoms with Crippen LogP contribution in [0.1, 0.15) is 19.3 Å². The first-order valence-electron chi connectivity index (χ1n) is 5.52. The molecule has 82 valence electrons. The predicted octanol–water partition coefficient (Wildman–Crippen LogP) is 1.63. The zero-order chi connectivity index (χ0) is 10.8. The van der Waals surface area contributed by atoms with Gasteiger partial charge in [0.25, 0.3) is 0 Å². The number of rotatable bonds is 3. The highest BCUT2D eigenvalue weighted by atomic mass is 15.5. The van der Waals surface area contributed by atoms with Gasteiger partial charge in [0.1, 0.15) is 6.33 Å². The maximum Gasteiger partial charge on any atom is 0.143 e. The average molecular weight is 215 g/mol. The summed E-state index contributed by atoms with van der Waals surface area (Å²) in [6.45, 7) is 0. The fourth-order valence-electron chi connectivity index (χ4n) is 1.78. The van der Waals surface area contributed by atoms with E-state index in [1.807, 2.05) is 12.1 Å². The Bertz CT molecular complexity index is 444. The first kappa shape index (κ1) is 9.33. The minimum absolute atomic E-state index is 0.666. The molecule has 0 amide bonds. The van der Waals surface area contributed by atoms with Gasteiger partial charge in [-0.25, -0.2) is 4.68 Å². The maximum atomic E-state index is 3.84. The summed E-state index contributed by atoms with van der Waals surface area (Å²) in [6, 6.07) is 8.82. The number of nitrogens with zero attached hydrogens (tertiary/aromatic N) is 4. The normalized spacial score (nSPS) is 15.8. The van der Waals surface area contributed by atoms with Gasteiger partial charge in [-0.3, -0.25) is 0 Å². The Labute approximate surface area is 93.5 Å². The number of hydrogen-bond acceptors (Lipinski definition) is 4. The molecule has 5 nitrogen and oxygen atoms in total. The van der Waals surface area contributed by atoms with E-state index >= 15 is 0 Å². The van der Waals surface area contributed by atoms with Crippen LogP contribution in [0.3, 0.4) is 0 Å². The van der Waals surface area contributed by atoms with Crippen molar-refractivity contribution in [2.24, 2.45) is 0 Å². The van der Waals surface area contributed by atoms with Crippen LogP contribution in [-0.2, 0) is 0 Å². The van der Waals surface area contributed by atoms with Crippen LogP contribution < -0.4 is 5.32 Å². The summed E-state index contributed by atoms with van der Waals surface area (Å²) in [6.07, 6.45) is 5.51. The number of aromatic nitrogens is 4. The lowest BCUT2D eigenvalue weighted by atomic mass is 9.93. The largest absolute Gasteiger partial charge is 0.382 e. The first-order chi connectivity index (χ1) is 7.92. The molecule has 5 heteroatoms. The second-order valence-corrected chi connectivity index (χ2v) is 4.07. The number of benzene rings is 1. The monoisotopic (exact) mass is 215 g/mol. The molecule has 0 unspecified atom stereocenters. The molecule has 1 heterocycles. The van der Waals surface area contributed by atoms with Crippen LogP contribution in [0.25, 0.3) is 5.69 Å². The molecule has 0 aliphatic heterocycles. The summed E-state index contributed by atoms with van der Waals surface area (Å²) in [5, 5.41) is 14.5. The summed E-state index contributed by atoms with van der Waals surface area (Å²) in [7, 11) is 0. The van der Waals surface area contributed by atoms with Crippen molar-refractivity contribution in [2.45, 2.75) is 25.3 Å². The summed E-state index contributed by atoms with van der Waals surface area (Å²) in [4.78, 5) is 0. The molecule has 1 fully saturated rings. The van der Waals surface area contributed by atoms with E-state index < -0.39 is 0 Å². The number of hydrogen-bond donors (Lipinski definition) is 1. The lowest BCUT2D eigenvalue weighted by molar-refractivity contribution is 0.445. The Morgan fingerprint density at radius 3 is 2.56 bits per heavy atom. The maximum absolute atomic E-state index is 3.84. The highest BCUT2D eigenvalue weighted by molar-refractivity contribution is 5.49. The van der Waals surface area contributed by atoms with E-state index in [9.17, 15) is 0 Å².